The minimum atomic E-state index is 0.234. The highest BCUT2D eigenvalue weighted by molar-refractivity contribution is 5.98. The van der Waals surface area contributed by atoms with Crippen molar-refractivity contribution in [3.05, 3.63) is 61.2 Å². The second-order valence-corrected chi connectivity index (χ2v) is 8.35. The molecule has 160 valence electrons. The maximum Gasteiger partial charge on any atom is 0.162 e. The molecular weight excluding hydrogens is 400 g/mol. The van der Waals surface area contributed by atoms with Crippen molar-refractivity contribution in [1.29, 1.82) is 0 Å². The minimum absolute atomic E-state index is 0.234. The summed E-state index contributed by atoms with van der Waals surface area (Å²) in [7, 11) is 2.01. The van der Waals surface area contributed by atoms with E-state index in [9.17, 15) is 0 Å². The number of morpholine rings is 1. The van der Waals surface area contributed by atoms with Crippen LogP contribution in [0, 0.1) is 0 Å². The third-order valence-electron chi connectivity index (χ3n) is 6.26. The van der Waals surface area contributed by atoms with Crippen molar-refractivity contribution in [3.8, 4) is 22.6 Å². The molecular formula is C25H24N6O. The first-order chi connectivity index (χ1) is 15.7. The molecule has 0 unspecified atom stereocenters. The quantitative estimate of drug-likeness (QED) is 0.465. The number of aromatic nitrogens is 5. The van der Waals surface area contributed by atoms with E-state index in [0.29, 0.717) is 13.2 Å². The van der Waals surface area contributed by atoms with E-state index in [-0.39, 0.29) is 6.04 Å². The number of hydrogen-bond donors (Lipinski definition) is 1. The normalized spacial score (nSPS) is 16.8. The lowest BCUT2D eigenvalue weighted by atomic mass is 10.1. The van der Waals surface area contributed by atoms with Gasteiger partial charge in [0, 0.05) is 47.2 Å². The van der Waals surface area contributed by atoms with Crippen molar-refractivity contribution in [1.82, 2.24) is 24.5 Å². The number of rotatable bonds is 3. The number of imidazole rings is 1. The zero-order valence-corrected chi connectivity index (χ0v) is 18.1. The van der Waals surface area contributed by atoms with Crippen LogP contribution in [0.15, 0.2) is 61.2 Å². The summed E-state index contributed by atoms with van der Waals surface area (Å²) >= 11 is 0. The molecule has 0 bridgehead atoms. The van der Waals surface area contributed by atoms with Crippen LogP contribution in [0.2, 0.25) is 0 Å². The number of aryl methyl sites for hydroxylation is 1. The lowest BCUT2D eigenvalue weighted by molar-refractivity contribution is 0.0987. The molecule has 1 N–H and O–H groups in total. The van der Waals surface area contributed by atoms with E-state index in [4.69, 9.17) is 14.7 Å². The molecule has 32 heavy (non-hydrogen) atoms. The Bertz CT molecular complexity index is 1440. The third kappa shape index (κ3) is 3.05. The van der Waals surface area contributed by atoms with Crippen LogP contribution in [0.5, 0.6) is 0 Å². The molecule has 0 amide bonds. The van der Waals surface area contributed by atoms with Gasteiger partial charge in [-0.25, -0.2) is 15.0 Å². The molecule has 4 heterocycles. The van der Waals surface area contributed by atoms with Crippen LogP contribution in [0.4, 0.5) is 5.82 Å². The smallest absolute Gasteiger partial charge is 0.162 e. The standard InChI is InChI=1S/C25H24N6O/c1-16-14-32-11-10-31(16)25-20-12-17(23-13-26-15-30(23)2)6-7-22(20)28-24(29-25)19-4-3-5-21-18(19)8-9-27-21/h3-9,12-13,15-16,27H,10-11,14H2,1-2H3/t16-/m1/s1. The van der Waals surface area contributed by atoms with E-state index < -0.39 is 0 Å². The van der Waals surface area contributed by atoms with Gasteiger partial charge in [-0.05, 0) is 31.2 Å². The van der Waals surface area contributed by atoms with Crippen LogP contribution in [0.3, 0.4) is 0 Å². The molecule has 1 aliphatic heterocycles. The van der Waals surface area contributed by atoms with Gasteiger partial charge in [-0.1, -0.05) is 18.2 Å². The van der Waals surface area contributed by atoms with Crippen LogP contribution in [-0.2, 0) is 11.8 Å². The van der Waals surface area contributed by atoms with E-state index in [2.05, 4.69) is 58.2 Å². The van der Waals surface area contributed by atoms with Crippen molar-refractivity contribution < 1.29 is 4.74 Å². The van der Waals surface area contributed by atoms with Crippen molar-refractivity contribution in [2.75, 3.05) is 24.7 Å². The van der Waals surface area contributed by atoms with Gasteiger partial charge in [0.25, 0.3) is 0 Å². The third-order valence-corrected chi connectivity index (χ3v) is 6.26. The monoisotopic (exact) mass is 424 g/mol. The zero-order chi connectivity index (χ0) is 21.7. The second kappa shape index (κ2) is 7.46. The number of ether oxygens (including phenoxy) is 1. The predicted octanol–water partition coefficient (Wildman–Crippen LogP) is 4.40. The van der Waals surface area contributed by atoms with Crippen LogP contribution in [0.25, 0.3) is 44.5 Å². The highest BCUT2D eigenvalue weighted by Crippen LogP contribution is 2.34. The first-order valence-electron chi connectivity index (χ1n) is 10.9. The summed E-state index contributed by atoms with van der Waals surface area (Å²) in [5.41, 5.74) is 5.21. The summed E-state index contributed by atoms with van der Waals surface area (Å²) in [6, 6.07) is 14.9. The maximum absolute atomic E-state index is 5.71. The Morgan fingerprint density at radius 3 is 2.88 bits per heavy atom. The number of nitrogens with zero attached hydrogens (tertiary/aromatic N) is 5. The average Bonchev–Trinajstić information content (AvgIpc) is 3.47. The van der Waals surface area contributed by atoms with Gasteiger partial charge in [0.1, 0.15) is 5.82 Å². The topological polar surface area (TPSA) is 71.9 Å². The molecule has 2 aromatic carbocycles. The molecule has 7 heteroatoms. The molecule has 3 aromatic heterocycles. The Kier molecular flexibility index (Phi) is 4.43. The number of H-pyrrole nitrogens is 1. The molecule has 6 rings (SSSR count). The Morgan fingerprint density at radius 1 is 1.09 bits per heavy atom. The summed E-state index contributed by atoms with van der Waals surface area (Å²) in [5.74, 6) is 1.70. The fourth-order valence-electron chi connectivity index (χ4n) is 4.57. The SMILES string of the molecule is C[C@@H]1COCCN1c1nc(-c2cccc3[nH]ccc23)nc2ccc(-c3cncn3C)cc12. The van der Waals surface area contributed by atoms with Crippen LogP contribution in [0.1, 0.15) is 6.92 Å². The number of hydrogen-bond acceptors (Lipinski definition) is 5. The second-order valence-electron chi connectivity index (χ2n) is 8.35. The van der Waals surface area contributed by atoms with Gasteiger partial charge in [-0.2, -0.15) is 0 Å². The van der Waals surface area contributed by atoms with E-state index in [1.54, 1.807) is 0 Å². The van der Waals surface area contributed by atoms with E-state index >= 15 is 0 Å². The van der Waals surface area contributed by atoms with Gasteiger partial charge in [0.05, 0.1) is 43.0 Å². The highest BCUT2D eigenvalue weighted by Gasteiger charge is 2.24. The number of anilines is 1. The first kappa shape index (κ1) is 19.0. The largest absolute Gasteiger partial charge is 0.377 e. The van der Waals surface area contributed by atoms with Crippen molar-refractivity contribution in [2.24, 2.45) is 7.05 Å². The van der Waals surface area contributed by atoms with E-state index in [1.807, 2.05) is 36.4 Å². The molecule has 1 fully saturated rings. The summed E-state index contributed by atoms with van der Waals surface area (Å²) in [6.45, 7) is 4.37. The highest BCUT2D eigenvalue weighted by atomic mass is 16.5. The van der Waals surface area contributed by atoms with Gasteiger partial charge in [-0.3, -0.25) is 0 Å². The van der Waals surface area contributed by atoms with Crippen molar-refractivity contribution >= 4 is 27.6 Å². The van der Waals surface area contributed by atoms with Crippen LogP contribution < -0.4 is 4.90 Å². The Morgan fingerprint density at radius 2 is 2.03 bits per heavy atom. The van der Waals surface area contributed by atoms with Gasteiger partial charge in [0.2, 0.25) is 0 Å². The number of benzene rings is 2. The van der Waals surface area contributed by atoms with Crippen molar-refractivity contribution in [3.63, 3.8) is 0 Å². The molecule has 0 radical (unpaired) electrons. The van der Waals surface area contributed by atoms with Gasteiger partial charge >= 0.3 is 0 Å². The Balaban J connectivity index is 1.60. The van der Waals surface area contributed by atoms with Gasteiger partial charge in [0.15, 0.2) is 5.82 Å². The molecule has 7 nitrogen and oxygen atoms in total. The molecule has 0 aliphatic carbocycles. The number of nitrogens with one attached hydrogen (secondary N) is 1. The fraction of sp³-hybridized carbons (Fsp3) is 0.240. The summed E-state index contributed by atoms with van der Waals surface area (Å²) in [4.78, 5) is 20.1. The van der Waals surface area contributed by atoms with Crippen molar-refractivity contribution in [2.45, 2.75) is 13.0 Å². The first-order valence-corrected chi connectivity index (χ1v) is 10.9. The van der Waals surface area contributed by atoms with E-state index in [1.165, 1.54) is 0 Å². The average molecular weight is 425 g/mol. The number of fused-ring (bicyclic) bond motifs is 2. The number of aromatic amines is 1. The predicted molar refractivity (Wildman–Crippen MR) is 127 cm³/mol. The molecule has 0 saturated carbocycles. The lowest BCUT2D eigenvalue weighted by Crippen LogP contribution is -2.44. The van der Waals surface area contributed by atoms with Crippen LogP contribution in [-0.4, -0.2) is 50.3 Å². The summed E-state index contributed by atoms with van der Waals surface area (Å²) < 4.78 is 7.73. The lowest BCUT2D eigenvalue weighted by Gasteiger charge is -2.35. The van der Waals surface area contributed by atoms with E-state index in [0.717, 1.165) is 56.8 Å². The maximum atomic E-state index is 5.71. The van der Waals surface area contributed by atoms with Crippen LogP contribution >= 0.6 is 0 Å². The zero-order valence-electron chi connectivity index (χ0n) is 18.1. The fourth-order valence-corrected chi connectivity index (χ4v) is 4.57. The molecule has 1 saturated heterocycles. The summed E-state index contributed by atoms with van der Waals surface area (Å²) in [5, 5.41) is 2.17. The molecule has 0 spiro atoms. The molecule has 1 aliphatic rings. The van der Waals surface area contributed by atoms with Gasteiger partial charge in [-0.15, -0.1) is 0 Å². The minimum Gasteiger partial charge on any atom is -0.377 e. The Labute approximate surface area is 185 Å². The molecule has 1 atom stereocenters. The summed E-state index contributed by atoms with van der Waals surface area (Å²) in [6.07, 6.45) is 5.67. The van der Waals surface area contributed by atoms with Gasteiger partial charge < -0.3 is 19.2 Å². The Hall–Kier alpha value is -3.71. The molecule has 5 aromatic rings.